The molecule has 140 valence electrons. The minimum Gasteiger partial charge on any atom is -0.298 e. The Kier molecular flexibility index (Phi) is 6.52. The normalized spacial score (nSPS) is 13.2. The van der Waals surface area contributed by atoms with Crippen molar-refractivity contribution in [3.05, 3.63) is 106 Å². The largest absolute Gasteiger partial charge is 0.298 e. The van der Waals surface area contributed by atoms with Gasteiger partial charge in [-0.3, -0.25) is 4.79 Å². The van der Waals surface area contributed by atoms with Gasteiger partial charge in [-0.25, -0.2) is 0 Å². The summed E-state index contributed by atoms with van der Waals surface area (Å²) in [6.45, 7) is 2.10. The van der Waals surface area contributed by atoms with Crippen LogP contribution in [0.3, 0.4) is 0 Å². The van der Waals surface area contributed by atoms with E-state index in [0.29, 0.717) is 5.56 Å². The molecule has 3 rings (SSSR count). The zero-order chi connectivity index (χ0) is 19.8. The van der Waals surface area contributed by atoms with E-state index in [2.05, 4.69) is 15.4 Å². The number of hydrogen-bond acceptors (Lipinski definition) is 5. The number of hydrogen-bond donors (Lipinski definition) is 0. The van der Waals surface area contributed by atoms with Gasteiger partial charge in [-0.2, -0.15) is 15.1 Å². The van der Waals surface area contributed by atoms with Crippen molar-refractivity contribution in [3.8, 4) is 0 Å². The maximum atomic E-state index is 11.2. The summed E-state index contributed by atoms with van der Waals surface area (Å²) in [5.41, 5.74) is 4.31. The lowest BCUT2D eigenvalue weighted by molar-refractivity contribution is 0.112. The zero-order valence-electron chi connectivity index (χ0n) is 15.6. The van der Waals surface area contributed by atoms with Gasteiger partial charge in [0.2, 0.25) is 0 Å². The van der Waals surface area contributed by atoms with Gasteiger partial charge in [-0.05, 0) is 30.2 Å². The Hall–Kier alpha value is -3.47. The summed E-state index contributed by atoms with van der Waals surface area (Å²) in [5.74, 6) is -0.257. The van der Waals surface area contributed by atoms with Crippen LogP contribution in [-0.2, 0) is 0 Å². The summed E-state index contributed by atoms with van der Waals surface area (Å²) < 4.78 is 0. The van der Waals surface area contributed by atoms with Crippen molar-refractivity contribution < 1.29 is 4.79 Å². The van der Waals surface area contributed by atoms with E-state index in [9.17, 15) is 9.70 Å². The topological polar surface area (TPSA) is 71.2 Å². The predicted octanol–water partition coefficient (Wildman–Crippen LogP) is 6.18. The number of azo groups is 1. The van der Waals surface area contributed by atoms with Crippen molar-refractivity contribution in [2.24, 2.45) is 15.4 Å². The van der Waals surface area contributed by atoms with Crippen LogP contribution in [-0.4, -0.2) is 12.8 Å². The summed E-state index contributed by atoms with van der Waals surface area (Å²) in [6, 6.07) is 24.2. The Bertz CT molecular complexity index is 936. The Morgan fingerprint density at radius 1 is 0.857 bits per heavy atom. The van der Waals surface area contributed by atoms with Crippen LogP contribution < -0.4 is 0 Å². The van der Waals surface area contributed by atoms with Crippen molar-refractivity contribution in [2.75, 3.05) is 6.54 Å². The maximum absolute atomic E-state index is 11.2. The first-order chi connectivity index (χ1) is 13.7. The monoisotopic (exact) mass is 371 g/mol. The second kappa shape index (κ2) is 9.46. The minimum absolute atomic E-state index is 0.0803. The molecule has 0 aliphatic heterocycles. The molecule has 0 spiro atoms. The molecule has 0 aliphatic rings. The summed E-state index contributed by atoms with van der Waals surface area (Å²) >= 11 is 0. The van der Waals surface area contributed by atoms with Crippen LogP contribution in [0.5, 0.6) is 0 Å². The predicted molar refractivity (Wildman–Crippen MR) is 110 cm³/mol. The zero-order valence-corrected chi connectivity index (χ0v) is 15.6. The third kappa shape index (κ3) is 4.82. The number of nitrogens with zero attached hydrogens (tertiary/aromatic N) is 3. The molecule has 0 saturated carbocycles. The number of rotatable bonds is 8. The van der Waals surface area contributed by atoms with Gasteiger partial charge in [0, 0.05) is 11.5 Å². The fourth-order valence-corrected chi connectivity index (χ4v) is 3.06. The highest BCUT2D eigenvalue weighted by atomic mass is 16.3. The van der Waals surface area contributed by atoms with E-state index in [1.54, 1.807) is 12.1 Å². The van der Waals surface area contributed by atoms with Gasteiger partial charge in [-0.15, -0.1) is 0 Å². The van der Waals surface area contributed by atoms with E-state index in [1.807, 2.05) is 73.7 Å². The van der Waals surface area contributed by atoms with Crippen LogP contribution in [0.15, 0.2) is 94.3 Å². The van der Waals surface area contributed by atoms with Crippen molar-refractivity contribution in [1.29, 1.82) is 0 Å². The molecule has 2 atom stereocenters. The Morgan fingerprint density at radius 3 is 2.11 bits per heavy atom. The fraction of sp³-hybridized carbons (Fsp3) is 0.174. The lowest BCUT2D eigenvalue weighted by atomic mass is 9.87. The first-order valence-corrected chi connectivity index (χ1v) is 9.08. The van der Waals surface area contributed by atoms with Crippen molar-refractivity contribution >= 4 is 12.0 Å². The highest BCUT2D eigenvalue weighted by Crippen LogP contribution is 2.36. The number of aldehydes is 1. The molecule has 0 N–H and O–H groups in total. The molecule has 5 nitrogen and oxygen atoms in total. The summed E-state index contributed by atoms with van der Waals surface area (Å²) in [4.78, 5) is 22.2. The smallest absolute Gasteiger partial charge is 0.150 e. The van der Waals surface area contributed by atoms with Gasteiger partial charge in [-0.1, -0.05) is 77.5 Å². The van der Waals surface area contributed by atoms with Gasteiger partial charge in [0.1, 0.15) is 12.3 Å². The SMILES string of the molecule is Cc1ccc(C(CN=O)C(N=Nc2ccccc2)c2ccc(C=O)cc2)cc1. The maximum Gasteiger partial charge on any atom is 0.150 e. The van der Waals surface area contributed by atoms with E-state index >= 15 is 0 Å². The molecule has 28 heavy (non-hydrogen) atoms. The number of nitroso groups, excluding NO2 is 1. The molecule has 0 heterocycles. The van der Waals surface area contributed by atoms with E-state index in [4.69, 9.17) is 0 Å². The average molecular weight is 371 g/mol. The van der Waals surface area contributed by atoms with Crippen LogP contribution >= 0.6 is 0 Å². The molecule has 0 amide bonds. The van der Waals surface area contributed by atoms with Gasteiger partial charge >= 0.3 is 0 Å². The summed E-state index contributed by atoms with van der Waals surface area (Å²) in [7, 11) is 0. The van der Waals surface area contributed by atoms with Gasteiger partial charge in [0.15, 0.2) is 0 Å². The first-order valence-electron chi connectivity index (χ1n) is 9.08. The van der Waals surface area contributed by atoms with Crippen molar-refractivity contribution in [3.63, 3.8) is 0 Å². The number of aryl methyl sites for hydroxylation is 1. The molecule has 0 bridgehead atoms. The minimum atomic E-state index is -0.402. The molecule has 0 aromatic heterocycles. The Balaban J connectivity index is 2.03. The Morgan fingerprint density at radius 2 is 1.50 bits per heavy atom. The van der Waals surface area contributed by atoms with Crippen molar-refractivity contribution in [1.82, 2.24) is 0 Å². The van der Waals surface area contributed by atoms with Gasteiger partial charge in [0.05, 0.1) is 12.2 Å². The fourth-order valence-electron chi connectivity index (χ4n) is 3.06. The van der Waals surface area contributed by atoms with Crippen LogP contribution in [0.2, 0.25) is 0 Å². The van der Waals surface area contributed by atoms with E-state index in [0.717, 1.165) is 28.7 Å². The molecule has 3 aromatic rings. The molecule has 0 saturated heterocycles. The summed E-state index contributed by atoms with van der Waals surface area (Å²) in [6.07, 6.45) is 0.800. The Labute approximate surface area is 164 Å². The van der Waals surface area contributed by atoms with Crippen molar-refractivity contribution in [2.45, 2.75) is 18.9 Å². The van der Waals surface area contributed by atoms with Crippen LogP contribution in [0.1, 0.15) is 39.0 Å². The first kappa shape index (κ1) is 19.3. The lowest BCUT2D eigenvalue weighted by Gasteiger charge is -2.22. The van der Waals surface area contributed by atoms with Crippen LogP contribution in [0.4, 0.5) is 5.69 Å². The molecular formula is C23H21N3O2. The molecule has 0 fully saturated rings. The number of benzene rings is 3. The molecule has 5 heteroatoms. The number of carbonyl (C=O) groups is 1. The molecule has 3 aromatic carbocycles. The molecule has 0 aliphatic carbocycles. The third-order valence-corrected chi connectivity index (χ3v) is 4.63. The van der Waals surface area contributed by atoms with Crippen LogP contribution in [0, 0.1) is 11.8 Å². The second-order valence-corrected chi connectivity index (χ2v) is 6.61. The highest BCUT2D eigenvalue weighted by molar-refractivity contribution is 5.74. The van der Waals surface area contributed by atoms with E-state index < -0.39 is 6.04 Å². The van der Waals surface area contributed by atoms with Gasteiger partial charge in [0.25, 0.3) is 0 Å². The summed E-state index contributed by atoms with van der Waals surface area (Å²) in [5, 5.41) is 12.1. The van der Waals surface area contributed by atoms with E-state index in [-0.39, 0.29) is 12.5 Å². The average Bonchev–Trinajstić information content (AvgIpc) is 2.75. The molecular weight excluding hydrogens is 350 g/mol. The third-order valence-electron chi connectivity index (χ3n) is 4.63. The number of carbonyl (C=O) groups excluding carboxylic acids is 1. The van der Waals surface area contributed by atoms with Crippen LogP contribution in [0.25, 0.3) is 0 Å². The van der Waals surface area contributed by atoms with E-state index in [1.165, 1.54) is 0 Å². The highest BCUT2D eigenvalue weighted by Gasteiger charge is 2.25. The second-order valence-electron chi connectivity index (χ2n) is 6.61. The lowest BCUT2D eigenvalue weighted by Crippen LogP contribution is -2.13. The quantitative estimate of drug-likeness (QED) is 0.269. The van der Waals surface area contributed by atoms with Gasteiger partial charge < -0.3 is 0 Å². The molecule has 2 unspecified atom stereocenters. The standard InChI is InChI=1S/C23H21N3O2/c1-17-7-11-19(12-8-17)22(15-24-28)23(20-13-9-18(16-27)10-14-20)26-25-21-5-3-2-4-6-21/h2-14,16,22-23H,15H2,1H3. The molecule has 0 radical (unpaired) electrons.